The second kappa shape index (κ2) is 5.77. The minimum Gasteiger partial charge on any atom is -0.365 e. The van der Waals surface area contributed by atoms with Crippen LogP contribution in [0.25, 0.3) is 11.0 Å². The molecule has 0 aromatic carbocycles. The van der Waals surface area contributed by atoms with Crippen molar-refractivity contribution in [2.24, 2.45) is 7.05 Å². The zero-order valence-corrected chi connectivity index (χ0v) is 13.4. The molecule has 0 spiro atoms. The van der Waals surface area contributed by atoms with E-state index < -0.39 is 0 Å². The molecular weight excluding hydrogens is 288 g/mol. The van der Waals surface area contributed by atoms with Crippen molar-refractivity contribution in [1.29, 1.82) is 0 Å². The number of anilines is 1. The molecule has 114 valence electrons. The zero-order valence-electron chi connectivity index (χ0n) is 12.7. The van der Waals surface area contributed by atoms with Gasteiger partial charge in [0.05, 0.1) is 6.20 Å². The van der Waals surface area contributed by atoms with Crippen LogP contribution >= 0.6 is 11.6 Å². The topological polar surface area (TPSA) is 58.9 Å². The van der Waals surface area contributed by atoms with Gasteiger partial charge in [-0.25, -0.2) is 4.98 Å². The summed E-state index contributed by atoms with van der Waals surface area (Å²) in [5.74, 6) is 0.790. The second-order valence-corrected chi connectivity index (χ2v) is 6.29. The number of rotatable bonds is 3. The van der Waals surface area contributed by atoms with Crippen molar-refractivity contribution in [3.8, 4) is 0 Å². The first-order valence-electron chi connectivity index (χ1n) is 7.33. The molecule has 2 aromatic rings. The van der Waals surface area contributed by atoms with Gasteiger partial charge in [-0.3, -0.25) is 4.68 Å². The smallest absolute Gasteiger partial charge is 0.225 e. The van der Waals surface area contributed by atoms with Crippen LogP contribution in [-0.2, 0) is 7.05 Å². The highest BCUT2D eigenvalue weighted by Crippen LogP contribution is 2.27. The van der Waals surface area contributed by atoms with E-state index >= 15 is 0 Å². The van der Waals surface area contributed by atoms with Crippen molar-refractivity contribution in [3.63, 3.8) is 0 Å². The first kappa shape index (κ1) is 14.5. The molecule has 1 fully saturated rings. The molecule has 1 saturated carbocycles. The Labute approximate surface area is 129 Å². The zero-order chi connectivity index (χ0) is 15.0. The third-order valence-electron chi connectivity index (χ3n) is 4.33. The Hall–Kier alpha value is -1.40. The van der Waals surface area contributed by atoms with Gasteiger partial charge in [0.2, 0.25) is 5.28 Å². The van der Waals surface area contributed by atoms with E-state index in [2.05, 4.69) is 39.4 Å². The van der Waals surface area contributed by atoms with E-state index in [9.17, 15) is 0 Å². The maximum atomic E-state index is 6.01. The number of halogens is 1. The lowest BCUT2D eigenvalue weighted by molar-refractivity contribution is 0.221. The fraction of sp³-hybridized carbons (Fsp3) is 0.643. The van der Waals surface area contributed by atoms with Gasteiger partial charge >= 0.3 is 0 Å². The summed E-state index contributed by atoms with van der Waals surface area (Å²) in [6.07, 6.45) is 6.42. The van der Waals surface area contributed by atoms with Crippen LogP contribution in [0.4, 0.5) is 5.82 Å². The van der Waals surface area contributed by atoms with Crippen LogP contribution in [0.2, 0.25) is 5.28 Å². The second-order valence-electron chi connectivity index (χ2n) is 5.96. The Morgan fingerprint density at radius 1 is 1.24 bits per heavy atom. The minimum absolute atomic E-state index is 0.264. The number of aromatic nitrogens is 4. The lowest BCUT2D eigenvalue weighted by Gasteiger charge is -2.33. The van der Waals surface area contributed by atoms with Crippen LogP contribution in [0.1, 0.15) is 25.7 Å². The Balaban J connectivity index is 1.78. The Bertz CT molecular complexity index is 630. The normalized spacial score (nSPS) is 22.9. The molecule has 0 unspecified atom stereocenters. The Morgan fingerprint density at radius 2 is 1.95 bits per heavy atom. The van der Waals surface area contributed by atoms with Gasteiger partial charge in [0.1, 0.15) is 11.0 Å². The molecule has 0 bridgehead atoms. The summed E-state index contributed by atoms with van der Waals surface area (Å²) >= 11 is 6.01. The number of hydrogen-bond acceptors (Lipinski definition) is 5. The summed E-state index contributed by atoms with van der Waals surface area (Å²) in [6, 6.07) is 1.12. The van der Waals surface area contributed by atoms with Gasteiger partial charge in [-0.2, -0.15) is 10.1 Å². The molecule has 7 heteroatoms. The maximum Gasteiger partial charge on any atom is 0.225 e. The number of hydrogen-bond donors (Lipinski definition) is 1. The van der Waals surface area contributed by atoms with Crippen LogP contribution in [0.5, 0.6) is 0 Å². The highest BCUT2D eigenvalue weighted by Gasteiger charge is 2.23. The molecule has 0 amide bonds. The predicted molar refractivity (Wildman–Crippen MR) is 84.7 cm³/mol. The fourth-order valence-corrected chi connectivity index (χ4v) is 3.26. The lowest BCUT2D eigenvalue weighted by Crippen LogP contribution is -2.36. The number of fused-ring (bicyclic) bond motifs is 1. The van der Waals surface area contributed by atoms with Crippen molar-refractivity contribution in [1.82, 2.24) is 24.6 Å². The average Bonchev–Trinajstić information content (AvgIpc) is 2.80. The van der Waals surface area contributed by atoms with Crippen molar-refractivity contribution in [2.75, 3.05) is 19.4 Å². The number of nitrogens with one attached hydrogen (secondary N) is 1. The standard InChI is InChI=1S/C14H21ClN6/c1-20(2)10-6-4-9(5-7-10)17-13-12-11(8-16-21(12)3)18-14(15)19-13/h8-10H,4-7H2,1-3H3,(H,17,18,19). The Kier molecular flexibility index (Phi) is 3.99. The molecule has 0 atom stereocenters. The van der Waals surface area contributed by atoms with Crippen LogP contribution < -0.4 is 5.32 Å². The molecule has 0 radical (unpaired) electrons. The number of nitrogens with zero attached hydrogens (tertiary/aromatic N) is 5. The van der Waals surface area contributed by atoms with Crippen LogP contribution in [0.3, 0.4) is 0 Å². The molecule has 2 heterocycles. The summed E-state index contributed by atoms with van der Waals surface area (Å²) in [4.78, 5) is 10.9. The molecule has 0 saturated heterocycles. The molecule has 1 aliphatic carbocycles. The van der Waals surface area contributed by atoms with Gasteiger partial charge in [0, 0.05) is 19.1 Å². The van der Waals surface area contributed by atoms with Crippen LogP contribution in [-0.4, -0.2) is 50.8 Å². The first-order valence-corrected chi connectivity index (χ1v) is 7.70. The van der Waals surface area contributed by atoms with Gasteiger partial charge in [0.25, 0.3) is 0 Å². The van der Waals surface area contributed by atoms with E-state index in [1.54, 1.807) is 10.9 Å². The van der Waals surface area contributed by atoms with Gasteiger partial charge in [-0.05, 0) is 51.4 Å². The van der Waals surface area contributed by atoms with Gasteiger partial charge in [0.15, 0.2) is 5.82 Å². The largest absolute Gasteiger partial charge is 0.365 e. The molecule has 0 aliphatic heterocycles. The molecule has 2 aromatic heterocycles. The highest BCUT2D eigenvalue weighted by molar-refractivity contribution is 6.28. The summed E-state index contributed by atoms with van der Waals surface area (Å²) < 4.78 is 1.79. The number of aryl methyl sites for hydroxylation is 1. The van der Waals surface area contributed by atoms with E-state index in [4.69, 9.17) is 11.6 Å². The van der Waals surface area contributed by atoms with Gasteiger partial charge < -0.3 is 10.2 Å². The monoisotopic (exact) mass is 308 g/mol. The molecule has 6 nitrogen and oxygen atoms in total. The van der Waals surface area contributed by atoms with Crippen molar-refractivity contribution in [2.45, 2.75) is 37.8 Å². The molecule has 1 N–H and O–H groups in total. The van der Waals surface area contributed by atoms with Gasteiger partial charge in [-0.15, -0.1) is 0 Å². The van der Waals surface area contributed by atoms with E-state index in [0.29, 0.717) is 12.1 Å². The highest BCUT2D eigenvalue weighted by atomic mass is 35.5. The van der Waals surface area contributed by atoms with Crippen LogP contribution in [0.15, 0.2) is 6.20 Å². The lowest BCUT2D eigenvalue weighted by atomic mass is 9.90. The molecular formula is C14H21ClN6. The minimum atomic E-state index is 0.264. The van der Waals surface area contributed by atoms with E-state index in [1.807, 2.05) is 7.05 Å². The van der Waals surface area contributed by atoms with E-state index in [1.165, 1.54) is 12.8 Å². The van der Waals surface area contributed by atoms with Crippen LogP contribution in [0, 0.1) is 0 Å². The molecule has 1 aliphatic rings. The quantitative estimate of drug-likeness (QED) is 0.882. The summed E-state index contributed by atoms with van der Waals surface area (Å²) in [5, 5.41) is 8.03. The van der Waals surface area contributed by atoms with E-state index in [0.717, 1.165) is 29.7 Å². The van der Waals surface area contributed by atoms with Crippen molar-refractivity contribution >= 4 is 28.5 Å². The summed E-state index contributed by atoms with van der Waals surface area (Å²) in [5.41, 5.74) is 1.69. The van der Waals surface area contributed by atoms with Crippen molar-refractivity contribution in [3.05, 3.63) is 11.5 Å². The third kappa shape index (κ3) is 2.96. The van der Waals surface area contributed by atoms with Gasteiger partial charge in [-0.1, -0.05) is 0 Å². The summed E-state index contributed by atoms with van der Waals surface area (Å²) in [7, 11) is 6.21. The maximum absolute atomic E-state index is 6.01. The van der Waals surface area contributed by atoms with Crippen molar-refractivity contribution < 1.29 is 0 Å². The predicted octanol–water partition coefficient (Wildman–Crippen LogP) is 2.30. The SMILES string of the molecule is CN(C)C1CCC(Nc2nc(Cl)nc3cnn(C)c23)CC1. The molecule has 3 rings (SSSR count). The first-order chi connectivity index (χ1) is 10.0. The summed E-state index contributed by atoms with van der Waals surface area (Å²) in [6.45, 7) is 0. The van der Waals surface area contributed by atoms with E-state index in [-0.39, 0.29) is 5.28 Å². The average molecular weight is 309 g/mol. The fourth-order valence-electron chi connectivity index (χ4n) is 3.08. The molecule has 21 heavy (non-hydrogen) atoms. The Morgan fingerprint density at radius 3 is 2.62 bits per heavy atom. The third-order valence-corrected chi connectivity index (χ3v) is 4.50.